The molecule has 0 amide bonds. The number of sulfonamides is 1. The van der Waals surface area contributed by atoms with Gasteiger partial charge in [-0.15, -0.1) is 0 Å². The Balaban J connectivity index is 2.14. The largest absolute Gasteiger partial charge is 0.326 e. The number of H-pyrrole nitrogens is 1. The van der Waals surface area contributed by atoms with E-state index >= 15 is 0 Å². The Hall–Kier alpha value is -0.960. The Morgan fingerprint density at radius 2 is 1.90 bits per heavy atom. The molecule has 2 heterocycles. The third-order valence-corrected chi connectivity index (χ3v) is 5.60. The lowest BCUT2D eigenvalue weighted by Gasteiger charge is -2.41. The van der Waals surface area contributed by atoms with Crippen LogP contribution in [0.3, 0.4) is 0 Å². The molecule has 3 N–H and O–H groups in total. The molecule has 0 atom stereocenters. The zero-order chi connectivity index (χ0) is 15.0. The van der Waals surface area contributed by atoms with E-state index in [2.05, 4.69) is 35.9 Å². The fraction of sp³-hybridized carbons (Fsp3) is 0.750. The molecular weight excluding hydrogens is 278 g/mol. The molecule has 0 bridgehead atoms. The molecule has 0 radical (unpaired) electrons. The van der Waals surface area contributed by atoms with Crippen LogP contribution in [0.15, 0.2) is 11.2 Å². The number of hydrogen-bond donors (Lipinski definition) is 2. The number of aromatic amines is 1. The molecule has 1 aliphatic heterocycles. The van der Waals surface area contributed by atoms with Gasteiger partial charge in [-0.05, 0) is 20.8 Å². The van der Waals surface area contributed by atoms with Gasteiger partial charge in [-0.2, -0.15) is 9.40 Å². The molecular formula is C12H23N5O2S. The van der Waals surface area contributed by atoms with Crippen LogP contribution in [0.5, 0.6) is 0 Å². The van der Waals surface area contributed by atoms with E-state index in [0.29, 0.717) is 18.7 Å². The molecule has 114 valence electrons. The van der Waals surface area contributed by atoms with Crippen molar-refractivity contribution in [1.82, 2.24) is 19.4 Å². The Bertz CT molecular complexity index is 553. The highest BCUT2D eigenvalue weighted by molar-refractivity contribution is 7.89. The van der Waals surface area contributed by atoms with Crippen molar-refractivity contribution in [1.29, 1.82) is 0 Å². The zero-order valence-corrected chi connectivity index (χ0v) is 13.1. The highest BCUT2D eigenvalue weighted by Gasteiger charge is 2.33. The summed E-state index contributed by atoms with van der Waals surface area (Å²) in [5, 5.41) is 6.48. The van der Waals surface area contributed by atoms with Crippen molar-refractivity contribution in [3.8, 4) is 0 Å². The molecule has 0 saturated carbocycles. The predicted octanol–water partition coefficient (Wildman–Crippen LogP) is -0.0268. The Labute approximate surface area is 120 Å². The quantitative estimate of drug-likeness (QED) is 0.817. The number of nitrogens with one attached hydrogen (secondary N) is 1. The van der Waals surface area contributed by atoms with Crippen LogP contribution in [0.2, 0.25) is 0 Å². The summed E-state index contributed by atoms with van der Waals surface area (Å²) in [5.74, 6) is 0. The summed E-state index contributed by atoms with van der Waals surface area (Å²) in [5.41, 5.74) is 6.14. The van der Waals surface area contributed by atoms with E-state index in [9.17, 15) is 8.42 Å². The highest BCUT2D eigenvalue weighted by Crippen LogP contribution is 2.21. The Morgan fingerprint density at radius 1 is 1.30 bits per heavy atom. The topological polar surface area (TPSA) is 95.3 Å². The molecule has 2 rings (SSSR count). The lowest BCUT2D eigenvalue weighted by Crippen LogP contribution is -2.54. The summed E-state index contributed by atoms with van der Waals surface area (Å²) in [4.78, 5) is 2.29. The first-order valence-electron chi connectivity index (χ1n) is 6.74. The molecule has 1 saturated heterocycles. The summed E-state index contributed by atoms with van der Waals surface area (Å²) in [6, 6.07) is 0. The predicted molar refractivity (Wildman–Crippen MR) is 76.6 cm³/mol. The van der Waals surface area contributed by atoms with E-state index in [1.807, 2.05) is 0 Å². The maximum absolute atomic E-state index is 12.6. The summed E-state index contributed by atoms with van der Waals surface area (Å²) in [7, 11) is -3.52. The zero-order valence-electron chi connectivity index (χ0n) is 12.3. The average Bonchev–Trinajstić information content (AvgIpc) is 2.87. The lowest BCUT2D eigenvalue weighted by molar-refractivity contribution is 0.0921. The van der Waals surface area contributed by atoms with Gasteiger partial charge in [0.2, 0.25) is 0 Å². The first-order chi connectivity index (χ1) is 9.26. The Kier molecular flexibility index (Phi) is 4.19. The molecule has 0 spiro atoms. The molecule has 0 unspecified atom stereocenters. The fourth-order valence-corrected chi connectivity index (χ4v) is 3.93. The SMILES string of the molecule is CC(C)(C)N1CCN(S(=O)(=O)c2[nH]ncc2CN)CC1. The van der Waals surface area contributed by atoms with Gasteiger partial charge in [0.25, 0.3) is 10.0 Å². The van der Waals surface area contributed by atoms with Crippen LogP contribution < -0.4 is 5.73 Å². The molecule has 1 fully saturated rings. The van der Waals surface area contributed by atoms with Gasteiger partial charge in [0.05, 0.1) is 6.20 Å². The van der Waals surface area contributed by atoms with Gasteiger partial charge in [-0.3, -0.25) is 10.00 Å². The third kappa shape index (κ3) is 2.88. The Morgan fingerprint density at radius 3 is 2.40 bits per heavy atom. The van der Waals surface area contributed by atoms with Crippen LogP contribution in [0.1, 0.15) is 26.3 Å². The number of rotatable bonds is 3. The first kappa shape index (κ1) is 15.4. The second-order valence-corrected chi connectivity index (χ2v) is 7.87. The van der Waals surface area contributed by atoms with Crippen molar-refractivity contribution in [2.75, 3.05) is 26.2 Å². The highest BCUT2D eigenvalue weighted by atomic mass is 32.2. The molecule has 7 nitrogen and oxygen atoms in total. The number of piperazine rings is 1. The van der Waals surface area contributed by atoms with Gasteiger partial charge in [0.1, 0.15) is 0 Å². The lowest BCUT2D eigenvalue weighted by atomic mass is 10.1. The summed E-state index contributed by atoms with van der Waals surface area (Å²) in [6.45, 7) is 9.01. The van der Waals surface area contributed by atoms with Gasteiger partial charge in [0.15, 0.2) is 5.03 Å². The maximum atomic E-state index is 12.6. The monoisotopic (exact) mass is 301 g/mol. The van der Waals surface area contributed by atoms with Crippen molar-refractivity contribution in [3.63, 3.8) is 0 Å². The minimum absolute atomic E-state index is 0.0618. The smallest absolute Gasteiger partial charge is 0.260 e. The number of nitrogens with zero attached hydrogens (tertiary/aromatic N) is 3. The minimum atomic E-state index is -3.52. The van der Waals surface area contributed by atoms with E-state index in [1.54, 1.807) is 0 Å². The van der Waals surface area contributed by atoms with E-state index in [1.165, 1.54) is 10.5 Å². The fourth-order valence-electron chi connectivity index (χ4n) is 2.40. The summed E-state index contributed by atoms with van der Waals surface area (Å²) < 4.78 is 26.6. The number of nitrogens with two attached hydrogens (primary N) is 1. The second kappa shape index (κ2) is 5.44. The molecule has 20 heavy (non-hydrogen) atoms. The van der Waals surface area contributed by atoms with Crippen LogP contribution in [0.25, 0.3) is 0 Å². The molecule has 0 aromatic carbocycles. The van der Waals surface area contributed by atoms with Gasteiger partial charge in [0, 0.05) is 43.8 Å². The molecule has 8 heteroatoms. The van der Waals surface area contributed by atoms with E-state index in [0.717, 1.165) is 13.1 Å². The van der Waals surface area contributed by atoms with Crippen molar-refractivity contribution >= 4 is 10.0 Å². The van der Waals surface area contributed by atoms with Crippen LogP contribution in [-0.2, 0) is 16.6 Å². The maximum Gasteiger partial charge on any atom is 0.260 e. The van der Waals surface area contributed by atoms with E-state index in [4.69, 9.17) is 5.73 Å². The standard InChI is InChI=1S/C12H23N5O2S/c1-12(2,3)16-4-6-17(7-5-16)20(18,19)11-10(8-13)9-14-15-11/h9H,4-8,13H2,1-3H3,(H,14,15). The molecule has 1 aromatic rings. The first-order valence-corrected chi connectivity index (χ1v) is 8.18. The molecule has 0 aliphatic carbocycles. The second-order valence-electron chi connectivity index (χ2n) is 5.99. The number of aromatic nitrogens is 2. The van der Waals surface area contributed by atoms with Crippen LogP contribution in [-0.4, -0.2) is 59.5 Å². The van der Waals surface area contributed by atoms with Gasteiger partial charge in [-0.1, -0.05) is 0 Å². The number of hydrogen-bond acceptors (Lipinski definition) is 5. The van der Waals surface area contributed by atoms with Crippen molar-refractivity contribution in [2.24, 2.45) is 5.73 Å². The van der Waals surface area contributed by atoms with Crippen LogP contribution in [0, 0.1) is 0 Å². The van der Waals surface area contributed by atoms with Gasteiger partial charge >= 0.3 is 0 Å². The van der Waals surface area contributed by atoms with Crippen molar-refractivity contribution < 1.29 is 8.42 Å². The van der Waals surface area contributed by atoms with Crippen molar-refractivity contribution in [3.05, 3.63) is 11.8 Å². The minimum Gasteiger partial charge on any atom is -0.326 e. The van der Waals surface area contributed by atoms with Gasteiger partial charge < -0.3 is 5.73 Å². The van der Waals surface area contributed by atoms with Crippen LogP contribution in [0.4, 0.5) is 0 Å². The third-order valence-electron chi connectivity index (χ3n) is 3.68. The molecule has 1 aliphatic rings. The van der Waals surface area contributed by atoms with Gasteiger partial charge in [-0.25, -0.2) is 8.42 Å². The normalized spacial score (nSPS) is 19.4. The van der Waals surface area contributed by atoms with E-state index < -0.39 is 10.0 Å². The molecule has 1 aromatic heterocycles. The summed E-state index contributed by atoms with van der Waals surface area (Å²) >= 11 is 0. The van der Waals surface area contributed by atoms with Crippen molar-refractivity contribution in [2.45, 2.75) is 37.9 Å². The summed E-state index contributed by atoms with van der Waals surface area (Å²) in [6.07, 6.45) is 1.47. The van der Waals surface area contributed by atoms with E-state index in [-0.39, 0.29) is 17.1 Å². The average molecular weight is 301 g/mol. The van der Waals surface area contributed by atoms with Crippen LogP contribution >= 0.6 is 0 Å².